The average molecular weight is 325 g/mol. The molecule has 0 N–H and O–H groups in total. The van der Waals surface area contributed by atoms with Crippen LogP contribution in [0.1, 0.15) is 64.7 Å². The van der Waals surface area contributed by atoms with Crippen LogP contribution in [0, 0.1) is 11.3 Å². The van der Waals surface area contributed by atoms with Crippen LogP contribution in [0.15, 0.2) is 54.6 Å². The van der Waals surface area contributed by atoms with Crippen molar-refractivity contribution >= 4 is 0 Å². The van der Waals surface area contributed by atoms with Gasteiger partial charge in [-0.25, -0.2) is 0 Å². The van der Waals surface area contributed by atoms with Crippen LogP contribution in [-0.2, 0) is 19.3 Å². The Morgan fingerprint density at radius 3 is 1.58 bits per heavy atom. The molecule has 0 saturated carbocycles. The van der Waals surface area contributed by atoms with Crippen molar-refractivity contribution in [2.45, 2.75) is 67.2 Å². The van der Waals surface area contributed by atoms with Crippen molar-refractivity contribution in [3.05, 3.63) is 71.3 Å². The molecule has 2 aromatic carbocycles. The van der Waals surface area contributed by atoms with Gasteiger partial charge in [-0.15, -0.1) is 0 Å². The number of fused-ring (bicyclic) bond motifs is 1. The molecule has 0 aromatic heterocycles. The minimum atomic E-state index is 0.404. The van der Waals surface area contributed by atoms with Crippen LogP contribution >= 0.6 is 0 Å². The van der Waals surface area contributed by atoms with Crippen LogP contribution in [0.2, 0.25) is 0 Å². The molecule has 0 bridgehead atoms. The first-order valence-corrected chi connectivity index (χ1v) is 9.38. The Kier molecular flexibility index (Phi) is 8.82. The van der Waals surface area contributed by atoms with Gasteiger partial charge in [0.1, 0.15) is 0 Å². The van der Waals surface area contributed by atoms with Crippen molar-refractivity contribution in [2.75, 3.05) is 0 Å². The molecule has 0 heterocycles. The molecule has 1 aliphatic carbocycles. The molecule has 0 nitrogen and oxygen atoms in total. The highest BCUT2D eigenvalue weighted by Crippen LogP contribution is 2.20. The molecule has 0 unspecified atom stereocenters. The lowest BCUT2D eigenvalue weighted by atomic mass is 9.88. The fraction of sp³-hybridized carbons (Fsp3) is 0.500. The Labute approximate surface area is 150 Å². The van der Waals surface area contributed by atoms with Gasteiger partial charge in [0.05, 0.1) is 0 Å². The van der Waals surface area contributed by atoms with E-state index in [1.54, 1.807) is 11.1 Å². The monoisotopic (exact) mass is 324 g/mol. The highest BCUT2D eigenvalue weighted by atomic mass is 14.1. The molecule has 24 heavy (non-hydrogen) atoms. The van der Waals surface area contributed by atoms with Crippen molar-refractivity contribution in [3.8, 4) is 0 Å². The molecule has 0 spiro atoms. The van der Waals surface area contributed by atoms with Gasteiger partial charge >= 0.3 is 0 Å². The molecule has 0 fully saturated rings. The molecule has 0 radical (unpaired) electrons. The van der Waals surface area contributed by atoms with E-state index < -0.39 is 0 Å². The fourth-order valence-electron chi connectivity index (χ4n) is 2.72. The summed E-state index contributed by atoms with van der Waals surface area (Å²) in [5.41, 5.74) is 4.97. The normalized spacial score (nSPS) is 12.6. The van der Waals surface area contributed by atoms with Gasteiger partial charge in [0.25, 0.3) is 0 Å². The van der Waals surface area contributed by atoms with Gasteiger partial charge in [0, 0.05) is 0 Å². The molecule has 132 valence electrons. The van der Waals surface area contributed by atoms with Gasteiger partial charge in [-0.3, -0.25) is 0 Å². The second-order valence-corrected chi connectivity index (χ2v) is 8.58. The van der Waals surface area contributed by atoms with Gasteiger partial charge in [-0.1, -0.05) is 96.1 Å². The summed E-state index contributed by atoms with van der Waals surface area (Å²) in [6.45, 7) is 13.3. The average Bonchev–Trinajstić information content (AvgIpc) is 2.95. The number of benzene rings is 2. The third-order valence-corrected chi connectivity index (χ3v) is 3.59. The summed E-state index contributed by atoms with van der Waals surface area (Å²) in [6.07, 6.45) is 5.12. The van der Waals surface area contributed by atoms with E-state index in [1.807, 2.05) is 0 Å². The topological polar surface area (TPSA) is 0 Å². The van der Waals surface area contributed by atoms with Crippen LogP contribution in [0.5, 0.6) is 0 Å². The number of hydrogen-bond donors (Lipinski definition) is 0. The molecule has 0 saturated heterocycles. The lowest BCUT2D eigenvalue weighted by Gasteiger charge is -2.17. The second kappa shape index (κ2) is 10.3. The van der Waals surface area contributed by atoms with E-state index in [2.05, 4.69) is 96.1 Å². The van der Waals surface area contributed by atoms with Crippen LogP contribution in [0.25, 0.3) is 0 Å². The Bertz CT molecular complexity index is 532. The van der Waals surface area contributed by atoms with E-state index in [0.29, 0.717) is 5.41 Å². The highest BCUT2D eigenvalue weighted by Gasteiger charge is 2.10. The zero-order valence-corrected chi connectivity index (χ0v) is 16.6. The summed E-state index contributed by atoms with van der Waals surface area (Å²) in [4.78, 5) is 0. The number of rotatable bonds is 1. The standard InChI is InChI=1S/C11H16.C9H10.C4H10/c1-11(2,3)9-10-7-5-4-6-8-10;1-2-5-9-7-3-6-8(9)4-1;1-4(2)3/h4-8H,9H2,1-3H3;1-2,4-5H,3,6-7H2;4H,1-3H3. The Hall–Kier alpha value is -1.56. The van der Waals surface area contributed by atoms with Crippen molar-refractivity contribution in [1.29, 1.82) is 0 Å². The summed E-state index contributed by atoms with van der Waals surface area (Å²) < 4.78 is 0. The molecule has 0 heteroatoms. The lowest BCUT2D eigenvalue weighted by Crippen LogP contribution is -2.08. The summed E-state index contributed by atoms with van der Waals surface area (Å²) in [6, 6.07) is 19.4. The van der Waals surface area contributed by atoms with Gasteiger partial charge in [-0.2, -0.15) is 0 Å². The molecule has 3 rings (SSSR count). The van der Waals surface area contributed by atoms with Crippen LogP contribution < -0.4 is 0 Å². The van der Waals surface area contributed by atoms with Crippen molar-refractivity contribution in [1.82, 2.24) is 0 Å². The van der Waals surface area contributed by atoms with Crippen LogP contribution in [0.3, 0.4) is 0 Å². The first-order valence-electron chi connectivity index (χ1n) is 9.38. The quantitative estimate of drug-likeness (QED) is 0.524. The Morgan fingerprint density at radius 1 is 0.750 bits per heavy atom. The predicted molar refractivity (Wildman–Crippen MR) is 109 cm³/mol. The van der Waals surface area contributed by atoms with E-state index in [0.717, 1.165) is 12.3 Å². The van der Waals surface area contributed by atoms with E-state index >= 15 is 0 Å². The minimum absolute atomic E-state index is 0.404. The fourth-order valence-corrected chi connectivity index (χ4v) is 2.72. The smallest absolute Gasteiger partial charge is 0.0230 e. The molecule has 0 aliphatic heterocycles. The summed E-state index contributed by atoms with van der Waals surface area (Å²) in [5, 5.41) is 0. The van der Waals surface area contributed by atoms with Crippen LogP contribution in [0.4, 0.5) is 0 Å². The zero-order valence-electron chi connectivity index (χ0n) is 16.6. The molecule has 0 atom stereocenters. The molecule has 2 aromatic rings. The first kappa shape index (κ1) is 20.5. The van der Waals surface area contributed by atoms with E-state index in [-0.39, 0.29) is 0 Å². The third-order valence-electron chi connectivity index (χ3n) is 3.59. The van der Waals surface area contributed by atoms with Gasteiger partial charge in [-0.05, 0) is 53.7 Å². The summed E-state index contributed by atoms with van der Waals surface area (Å²) >= 11 is 0. The molecular formula is C24H36. The van der Waals surface area contributed by atoms with Gasteiger partial charge in [0.15, 0.2) is 0 Å². The van der Waals surface area contributed by atoms with E-state index in [9.17, 15) is 0 Å². The Morgan fingerprint density at radius 2 is 1.17 bits per heavy atom. The predicted octanol–water partition coefficient (Wildman–Crippen LogP) is 7.11. The van der Waals surface area contributed by atoms with Crippen molar-refractivity contribution < 1.29 is 0 Å². The van der Waals surface area contributed by atoms with E-state index in [4.69, 9.17) is 0 Å². The lowest BCUT2D eigenvalue weighted by molar-refractivity contribution is 0.411. The van der Waals surface area contributed by atoms with Crippen LogP contribution in [-0.4, -0.2) is 0 Å². The summed E-state index contributed by atoms with van der Waals surface area (Å²) in [5.74, 6) is 0.833. The largest absolute Gasteiger partial charge is 0.0630 e. The number of hydrogen-bond acceptors (Lipinski definition) is 0. The maximum Gasteiger partial charge on any atom is -0.0230 e. The summed E-state index contributed by atoms with van der Waals surface area (Å²) in [7, 11) is 0. The SMILES string of the molecule is CC(C)(C)Cc1ccccc1.CC(C)C.c1ccc2c(c1)CCC2. The molecule has 0 amide bonds. The molecular weight excluding hydrogens is 288 g/mol. The third kappa shape index (κ3) is 9.55. The maximum atomic E-state index is 2.26. The second-order valence-electron chi connectivity index (χ2n) is 8.58. The van der Waals surface area contributed by atoms with E-state index in [1.165, 1.54) is 24.8 Å². The Balaban J connectivity index is 0.000000200. The van der Waals surface area contributed by atoms with Gasteiger partial charge in [0.2, 0.25) is 0 Å². The van der Waals surface area contributed by atoms with Crippen molar-refractivity contribution in [3.63, 3.8) is 0 Å². The minimum Gasteiger partial charge on any atom is -0.0630 e. The maximum absolute atomic E-state index is 2.26. The number of aryl methyl sites for hydroxylation is 2. The molecule has 1 aliphatic rings. The van der Waals surface area contributed by atoms with Crippen molar-refractivity contribution in [2.24, 2.45) is 11.3 Å². The highest BCUT2D eigenvalue weighted by molar-refractivity contribution is 5.30. The zero-order chi connectivity index (χ0) is 18.0. The van der Waals surface area contributed by atoms with Gasteiger partial charge < -0.3 is 0 Å². The first-order chi connectivity index (χ1) is 11.3.